The van der Waals surface area contributed by atoms with Crippen molar-refractivity contribution in [1.29, 1.82) is 0 Å². The highest BCUT2D eigenvalue weighted by molar-refractivity contribution is 5.78. The average Bonchev–Trinajstić information content (AvgIpc) is 2.84. The van der Waals surface area contributed by atoms with Gasteiger partial charge in [0.25, 0.3) is 0 Å². The summed E-state index contributed by atoms with van der Waals surface area (Å²) in [6.07, 6.45) is 4.50. The molecule has 0 aromatic heterocycles. The van der Waals surface area contributed by atoms with Crippen LogP contribution in [0.1, 0.15) is 32.6 Å². The first-order valence-electron chi connectivity index (χ1n) is 7.03. The molecule has 0 aliphatic carbocycles. The Hall–Kier alpha value is -0.610. The monoisotopic (exact) mass is 239 g/mol. The van der Waals surface area contributed by atoms with Crippen LogP contribution in [0.25, 0.3) is 0 Å². The van der Waals surface area contributed by atoms with E-state index in [-0.39, 0.29) is 11.8 Å². The molecule has 1 amide bonds. The fourth-order valence-electron chi connectivity index (χ4n) is 2.99. The highest BCUT2D eigenvalue weighted by Gasteiger charge is 2.25. The van der Waals surface area contributed by atoms with Gasteiger partial charge in [-0.05, 0) is 51.9 Å². The average molecular weight is 239 g/mol. The largest absolute Gasteiger partial charge is 0.354 e. The molecule has 0 saturated carbocycles. The number of nitrogens with zero attached hydrogens (tertiary/aromatic N) is 1. The number of amides is 1. The zero-order valence-corrected chi connectivity index (χ0v) is 10.9. The molecule has 0 unspecified atom stereocenters. The molecule has 0 aromatic carbocycles. The Morgan fingerprint density at radius 3 is 2.82 bits per heavy atom. The van der Waals surface area contributed by atoms with Crippen LogP contribution in [0.3, 0.4) is 0 Å². The van der Waals surface area contributed by atoms with E-state index in [9.17, 15) is 4.79 Å². The van der Waals surface area contributed by atoms with Crippen LogP contribution >= 0.6 is 0 Å². The Morgan fingerprint density at radius 1 is 1.35 bits per heavy atom. The summed E-state index contributed by atoms with van der Waals surface area (Å²) >= 11 is 0. The zero-order chi connectivity index (χ0) is 12.1. The summed E-state index contributed by atoms with van der Waals surface area (Å²) < 4.78 is 0. The van der Waals surface area contributed by atoms with Gasteiger partial charge in [0.15, 0.2) is 0 Å². The van der Waals surface area contributed by atoms with Gasteiger partial charge in [-0.1, -0.05) is 6.92 Å². The van der Waals surface area contributed by atoms with Gasteiger partial charge in [0, 0.05) is 18.5 Å². The summed E-state index contributed by atoms with van der Waals surface area (Å²) in [6.45, 7) is 7.33. The van der Waals surface area contributed by atoms with E-state index in [1.165, 1.54) is 19.4 Å². The molecule has 2 aliphatic rings. The molecule has 4 nitrogen and oxygen atoms in total. The van der Waals surface area contributed by atoms with Crippen molar-refractivity contribution in [1.82, 2.24) is 15.5 Å². The van der Waals surface area contributed by atoms with Crippen molar-refractivity contribution in [2.75, 3.05) is 32.7 Å². The van der Waals surface area contributed by atoms with E-state index in [0.29, 0.717) is 6.04 Å². The predicted molar refractivity (Wildman–Crippen MR) is 68.9 cm³/mol. The molecular formula is C13H25N3O. The van der Waals surface area contributed by atoms with E-state index < -0.39 is 0 Å². The SMILES string of the molecule is CCN1CCC[C@H]1CNC(=O)C1CCNCC1. The van der Waals surface area contributed by atoms with Gasteiger partial charge >= 0.3 is 0 Å². The number of carbonyl (C=O) groups is 1. The van der Waals surface area contributed by atoms with Crippen molar-refractivity contribution < 1.29 is 4.79 Å². The van der Waals surface area contributed by atoms with Gasteiger partial charge in [-0.25, -0.2) is 0 Å². The minimum Gasteiger partial charge on any atom is -0.354 e. The maximum Gasteiger partial charge on any atom is 0.223 e. The van der Waals surface area contributed by atoms with Crippen LogP contribution in [0, 0.1) is 5.92 Å². The normalized spacial score (nSPS) is 27.2. The van der Waals surface area contributed by atoms with Gasteiger partial charge in [-0.2, -0.15) is 0 Å². The second kappa shape index (κ2) is 6.36. The molecule has 0 radical (unpaired) electrons. The lowest BCUT2D eigenvalue weighted by Crippen LogP contribution is -2.44. The van der Waals surface area contributed by atoms with Crippen molar-refractivity contribution in [2.45, 2.75) is 38.6 Å². The van der Waals surface area contributed by atoms with E-state index in [4.69, 9.17) is 0 Å². The van der Waals surface area contributed by atoms with Crippen molar-refractivity contribution in [2.24, 2.45) is 5.92 Å². The maximum atomic E-state index is 12.0. The van der Waals surface area contributed by atoms with Gasteiger partial charge in [-0.3, -0.25) is 9.69 Å². The minimum absolute atomic E-state index is 0.243. The Kier molecular flexibility index (Phi) is 4.80. The van der Waals surface area contributed by atoms with Gasteiger partial charge in [0.05, 0.1) is 0 Å². The Bertz CT molecular complexity index is 251. The smallest absolute Gasteiger partial charge is 0.223 e. The molecule has 17 heavy (non-hydrogen) atoms. The molecular weight excluding hydrogens is 214 g/mol. The summed E-state index contributed by atoms with van der Waals surface area (Å²) in [7, 11) is 0. The summed E-state index contributed by atoms with van der Waals surface area (Å²) in [5.41, 5.74) is 0. The molecule has 98 valence electrons. The van der Waals surface area contributed by atoms with Gasteiger partial charge < -0.3 is 10.6 Å². The number of carbonyl (C=O) groups excluding carboxylic acids is 1. The van der Waals surface area contributed by atoms with E-state index >= 15 is 0 Å². The second-order valence-corrected chi connectivity index (χ2v) is 5.19. The Balaban J connectivity index is 1.71. The Labute approximate surface area is 104 Å². The fourth-order valence-corrected chi connectivity index (χ4v) is 2.99. The summed E-state index contributed by atoms with van der Waals surface area (Å²) in [5.74, 6) is 0.516. The Morgan fingerprint density at radius 2 is 2.12 bits per heavy atom. The van der Waals surface area contributed by atoms with Gasteiger partial charge in [-0.15, -0.1) is 0 Å². The van der Waals surface area contributed by atoms with Crippen LogP contribution in [0.2, 0.25) is 0 Å². The number of rotatable bonds is 4. The highest BCUT2D eigenvalue weighted by atomic mass is 16.1. The minimum atomic E-state index is 0.243. The first kappa shape index (κ1) is 12.8. The molecule has 1 atom stereocenters. The molecule has 2 saturated heterocycles. The molecule has 2 aliphatic heterocycles. The molecule has 2 N–H and O–H groups in total. The van der Waals surface area contributed by atoms with E-state index in [0.717, 1.165) is 39.0 Å². The topological polar surface area (TPSA) is 44.4 Å². The third-order valence-corrected chi connectivity index (χ3v) is 4.13. The molecule has 4 heteroatoms. The highest BCUT2D eigenvalue weighted by Crippen LogP contribution is 2.16. The number of hydrogen-bond donors (Lipinski definition) is 2. The lowest BCUT2D eigenvalue weighted by atomic mass is 9.97. The maximum absolute atomic E-state index is 12.0. The number of likely N-dealkylation sites (N-methyl/N-ethyl adjacent to an activating group) is 1. The quantitative estimate of drug-likeness (QED) is 0.754. The molecule has 0 spiro atoms. The van der Waals surface area contributed by atoms with Crippen molar-refractivity contribution in [3.05, 3.63) is 0 Å². The predicted octanol–water partition coefficient (Wildman–Crippen LogP) is 0.587. The standard InChI is InChI=1S/C13H25N3O/c1-2-16-9-3-4-12(16)10-15-13(17)11-5-7-14-8-6-11/h11-12,14H,2-10H2,1H3,(H,15,17)/t12-/m0/s1. The molecule has 2 rings (SSSR count). The van der Waals surface area contributed by atoms with Crippen molar-refractivity contribution in [3.8, 4) is 0 Å². The third-order valence-electron chi connectivity index (χ3n) is 4.13. The van der Waals surface area contributed by atoms with Crippen molar-refractivity contribution in [3.63, 3.8) is 0 Å². The third kappa shape index (κ3) is 3.42. The van der Waals surface area contributed by atoms with Gasteiger partial charge in [0.2, 0.25) is 5.91 Å². The number of likely N-dealkylation sites (tertiary alicyclic amines) is 1. The van der Waals surface area contributed by atoms with Crippen LogP contribution < -0.4 is 10.6 Å². The van der Waals surface area contributed by atoms with Crippen LogP contribution in [0.4, 0.5) is 0 Å². The summed E-state index contributed by atoms with van der Waals surface area (Å²) in [4.78, 5) is 14.5. The van der Waals surface area contributed by atoms with Crippen LogP contribution in [0.15, 0.2) is 0 Å². The fraction of sp³-hybridized carbons (Fsp3) is 0.923. The van der Waals surface area contributed by atoms with Crippen molar-refractivity contribution >= 4 is 5.91 Å². The molecule has 0 aromatic rings. The van der Waals surface area contributed by atoms with Crippen LogP contribution in [-0.2, 0) is 4.79 Å². The molecule has 0 bridgehead atoms. The van der Waals surface area contributed by atoms with Gasteiger partial charge in [0.1, 0.15) is 0 Å². The molecule has 2 fully saturated rings. The van der Waals surface area contributed by atoms with E-state index in [1.807, 2.05) is 0 Å². The van der Waals surface area contributed by atoms with E-state index in [2.05, 4.69) is 22.5 Å². The zero-order valence-electron chi connectivity index (χ0n) is 10.9. The number of nitrogens with one attached hydrogen (secondary N) is 2. The second-order valence-electron chi connectivity index (χ2n) is 5.19. The lowest BCUT2D eigenvalue weighted by Gasteiger charge is -2.25. The number of piperidine rings is 1. The van der Waals surface area contributed by atoms with Crippen LogP contribution in [0.5, 0.6) is 0 Å². The van der Waals surface area contributed by atoms with Crippen LogP contribution in [-0.4, -0.2) is 49.6 Å². The first-order chi connectivity index (χ1) is 8.31. The van der Waals surface area contributed by atoms with E-state index in [1.54, 1.807) is 0 Å². The summed E-state index contributed by atoms with van der Waals surface area (Å²) in [6, 6.07) is 0.575. The molecule has 2 heterocycles. The summed E-state index contributed by atoms with van der Waals surface area (Å²) in [5, 5.41) is 6.44. The number of hydrogen-bond acceptors (Lipinski definition) is 3. The lowest BCUT2D eigenvalue weighted by molar-refractivity contribution is -0.125. The first-order valence-corrected chi connectivity index (χ1v) is 7.03.